The van der Waals surface area contributed by atoms with Crippen LogP contribution in [0.4, 0.5) is 0 Å². The van der Waals surface area contributed by atoms with E-state index in [0.717, 1.165) is 12.0 Å². The van der Waals surface area contributed by atoms with E-state index in [1.54, 1.807) is 7.11 Å². The van der Waals surface area contributed by atoms with E-state index in [-0.39, 0.29) is 5.91 Å². The highest BCUT2D eigenvalue weighted by atomic mass is 16.5. The minimum atomic E-state index is -0.0572. The van der Waals surface area contributed by atoms with Gasteiger partial charge in [-0.15, -0.1) is 0 Å². The molecule has 1 aliphatic carbocycles. The second-order valence-corrected chi connectivity index (χ2v) is 6.06. The Bertz CT molecular complexity index is 475. The SMILES string of the molecule is COCc1cccc(C(=O)NCCO[C@@H]2CCCC[C@H]2C)c1. The Labute approximate surface area is 133 Å². The maximum absolute atomic E-state index is 12.1. The number of carbonyl (C=O) groups excluding carboxylic acids is 1. The highest BCUT2D eigenvalue weighted by Gasteiger charge is 2.21. The van der Waals surface area contributed by atoms with Crippen molar-refractivity contribution in [2.45, 2.75) is 45.3 Å². The van der Waals surface area contributed by atoms with Crippen molar-refractivity contribution in [3.8, 4) is 0 Å². The van der Waals surface area contributed by atoms with Gasteiger partial charge in [0.1, 0.15) is 0 Å². The lowest BCUT2D eigenvalue weighted by molar-refractivity contribution is -0.00293. The predicted octanol–water partition coefficient (Wildman–Crippen LogP) is 3.16. The first kappa shape index (κ1) is 17.0. The molecule has 1 amide bonds. The molecule has 122 valence electrons. The van der Waals surface area contributed by atoms with Gasteiger partial charge in [-0.3, -0.25) is 4.79 Å². The Hall–Kier alpha value is -1.39. The summed E-state index contributed by atoms with van der Waals surface area (Å²) < 4.78 is 11.0. The van der Waals surface area contributed by atoms with E-state index in [9.17, 15) is 4.79 Å². The van der Waals surface area contributed by atoms with Crippen molar-refractivity contribution < 1.29 is 14.3 Å². The molecule has 2 atom stereocenters. The van der Waals surface area contributed by atoms with Gasteiger partial charge in [0.2, 0.25) is 0 Å². The van der Waals surface area contributed by atoms with Gasteiger partial charge < -0.3 is 14.8 Å². The maximum Gasteiger partial charge on any atom is 0.251 e. The molecule has 0 unspecified atom stereocenters. The molecule has 1 saturated carbocycles. The van der Waals surface area contributed by atoms with Crippen LogP contribution in [0.25, 0.3) is 0 Å². The van der Waals surface area contributed by atoms with E-state index < -0.39 is 0 Å². The van der Waals surface area contributed by atoms with E-state index >= 15 is 0 Å². The normalized spacial score (nSPS) is 21.5. The molecule has 2 rings (SSSR count). The number of hydrogen-bond acceptors (Lipinski definition) is 3. The van der Waals surface area contributed by atoms with Gasteiger partial charge in [0.05, 0.1) is 19.3 Å². The first-order valence-electron chi connectivity index (χ1n) is 8.18. The third kappa shape index (κ3) is 5.11. The number of methoxy groups -OCH3 is 1. The number of amides is 1. The average molecular weight is 305 g/mol. The maximum atomic E-state index is 12.1. The fraction of sp³-hybridized carbons (Fsp3) is 0.611. The van der Waals surface area contributed by atoms with E-state index in [1.807, 2.05) is 24.3 Å². The Balaban J connectivity index is 1.72. The quantitative estimate of drug-likeness (QED) is 0.787. The van der Waals surface area contributed by atoms with Gasteiger partial charge in [-0.1, -0.05) is 31.9 Å². The van der Waals surface area contributed by atoms with Crippen molar-refractivity contribution >= 4 is 5.91 Å². The minimum Gasteiger partial charge on any atom is -0.380 e. The Morgan fingerprint density at radius 3 is 2.91 bits per heavy atom. The lowest BCUT2D eigenvalue weighted by Gasteiger charge is -2.28. The standard InChI is InChI=1S/C18H27NO3/c1-14-6-3-4-9-17(14)22-11-10-19-18(20)16-8-5-7-15(12-16)13-21-2/h5,7-8,12,14,17H,3-4,6,9-11,13H2,1-2H3,(H,19,20)/t14-,17-/m1/s1. The summed E-state index contributed by atoms with van der Waals surface area (Å²) in [6.07, 6.45) is 5.33. The molecule has 0 aromatic heterocycles. The van der Waals surface area contributed by atoms with Gasteiger partial charge in [-0.2, -0.15) is 0 Å². The molecule has 0 bridgehead atoms. The molecule has 22 heavy (non-hydrogen) atoms. The molecule has 0 heterocycles. The molecule has 1 fully saturated rings. The van der Waals surface area contributed by atoms with Crippen LogP contribution >= 0.6 is 0 Å². The molecule has 1 aromatic rings. The number of hydrogen-bond donors (Lipinski definition) is 1. The summed E-state index contributed by atoms with van der Waals surface area (Å²) in [5.74, 6) is 0.577. The van der Waals surface area contributed by atoms with Crippen LogP contribution < -0.4 is 5.32 Å². The molecule has 0 aliphatic heterocycles. The molecule has 0 saturated heterocycles. The van der Waals surface area contributed by atoms with Gasteiger partial charge in [0.25, 0.3) is 5.91 Å². The first-order chi connectivity index (χ1) is 10.7. The summed E-state index contributed by atoms with van der Waals surface area (Å²) in [5, 5.41) is 2.92. The molecule has 4 nitrogen and oxygen atoms in total. The summed E-state index contributed by atoms with van der Waals surface area (Å²) in [7, 11) is 1.65. The minimum absolute atomic E-state index is 0.0572. The summed E-state index contributed by atoms with van der Waals surface area (Å²) in [6.45, 7) is 3.91. The lowest BCUT2D eigenvalue weighted by Crippen LogP contribution is -2.31. The van der Waals surface area contributed by atoms with Crippen molar-refractivity contribution in [2.24, 2.45) is 5.92 Å². The van der Waals surface area contributed by atoms with E-state index in [0.29, 0.717) is 37.3 Å². The summed E-state index contributed by atoms with van der Waals surface area (Å²) in [4.78, 5) is 12.1. The lowest BCUT2D eigenvalue weighted by atomic mass is 9.88. The van der Waals surface area contributed by atoms with Gasteiger partial charge in [0, 0.05) is 19.2 Å². The third-order valence-electron chi connectivity index (χ3n) is 4.25. The highest BCUT2D eigenvalue weighted by Crippen LogP contribution is 2.25. The van der Waals surface area contributed by atoms with Crippen LogP contribution in [0.2, 0.25) is 0 Å². The number of nitrogens with one attached hydrogen (secondary N) is 1. The molecule has 4 heteroatoms. The molecule has 1 N–H and O–H groups in total. The molecular weight excluding hydrogens is 278 g/mol. The van der Waals surface area contributed by atoms with Crippen LogP contribution in [-0.2, 0) is 16.1 Å². The zero-order chi connectivity index (χ0) is 15.8. The number of ether oxygens (including phenoxy) is 2. The zero-order valence-electron chi connectivity index (χ0n) is 13.6. The van der Waals surface area contributed by atoms with Gasteiger partial charge in [-0.25, -0.2) is 0 Å². The predicted molar refractivity (Wildman–Crippen MR) is 86.9 cm³/mol. The summed E-state index contributed by atoms with van der Waals surface area (Å²) in [6, 6.07) is 7.51. The summed E-state index contributed by atoms with van der Waals surface area (Å²) >= 11 is 0. The summed E-state index contributed by atoms with van der Waals surface area (Å²) in [5.41, 5.74) is 1.67. The van der Waals surface area contributed by atoms with Crippen LogP contribution in [0.1, 0.15) is 48.5 Å². The number of rotatable bonds is 7. The molecule has 1 aromatic carbocycles. The van der Waals surface area contributed by atoms with Crippen LogP contribution in [0.5, 0.6) is 0 Å². The van der Waals surface area contributed by atoms with E-state index in [1.165, 1.54) is 19.3 Å². The monoisotopic (exact) mass is 305 g/mol. The van der Waals surface area contributed by atoms with Crippen LogP contribution in [-0.4, -0.2) is 32.3 Å². The van der Waals surface area contributed by atoms with Crippen molar-refractivity contribution in [1.82, 2.24) is 5.32 Å². The zero-order valence-corrected chi connectivity index (χ0v) is 13.6. The second kappa shape index (κ2) is 8.91. The van der Waals surface area contributed by atoms with Crippen LogP contribution in [0.3, 0.4) is 0 Å². The number of benzene rings is 1. The van der Waals surface area contributed by atoms with Crippen molar-refractivity contribution in [1.29, 1.82) is 0 Å². The van der Waals surface area contributed by atoms with Crippen molar-refractivity contribution in [2.75, 3.05) is 20.3 Å². The second-order valence-electron chi connectivity index (χ2n) is 6.06. The first-order valence-corrected chi connectivity index (χ1v) is 8.18. The van der Waals surface area contributed by atoms with Crippen molar-refractivity contribution in [3.05, 3.63) is 35.4 Å². The van der Waals surface area contributed by atoms with Crippen LogP contribution in [0.15, 0.2) is 24.3 Å². The van der Waals surface area contributed by atoms with Crippen molar-refractivity contribution in [3.63, 3.8) is 0 Å². The molecule has 1 aliphatic rings. The van der Waals surface area contributed by atoms with Gasteiger partial charge in [-0.05, 0) is 36.5 Å². The Kier molecular flexibility index (Phi) is 6.87. The fourth-order valence-corrected chi connectivity index (χ4v) is 2.98. The molecule has 0 spiro atoms. The van der Waals surface area contributed by atoms with Gasteiger partial charge >= 0.3 is 0 Å². The fourth-order valence-electron chi connectivity index (χ4n) is 2.98. The Morgan fingerprint density at radius 1 is 1.32 bits per heavy atom. The molecular formula is C18H27NO3. The topological polar surface area (TPSA) is 47.6 Å². The van der Waals surface area contributed by atoms with E-state index in [4.69, 9.17) is 9.47 Å². The third-order valence-corrected chi connectivity index (χ3v) is 4.25. The molecule has 0 radical (unpaired) electrons. The van der Waals surface area contributed by atoms with Crippen LogP contribution in [0, 0.1) is 5.92 Å². The van der Waals surface area contributed by atoms with Gasteiger partial charge in [0.15, 0.2) is 0 Å². The average Bonchev–Trinajstić information content (AvgIpc) is 2.53. The highest BCUT2D eigenvalue weighted by molar-refractivity contribution is 5.94. The Morgan fingerprint density at radius 2 is 2.14 bits per heavy atom. The van der Waals surface area contributed by atoms with E-state index in [2.05, 4.69) is 12.2 Å². The number of carbonyl (C=O) groups is 1. The largest absolute Gasteiger partial charge is 0.380 e. The smallest absolute Gasteiger partial charge is 0.251 e.